The van der Waals surface area contributed by atoms with Crippen molar-refractivity contribution in [3.05, 3.63) is 0 Å². The van der Waals surface area contributed by atoms with Crippen LogP contribution in [0.4, 0.5) is 0 Å². The smallest absolute Gasteiger partial charge is 0.120 e. The summed E-state index contributed by atoms with van der Waals surface area (Å²) in [6.07, 6.45) is 4.65. The van der Waals surface area contributed by atoms with Gasteiger partial charge in [0.05, 0.1) is 6.61 Å². The molecule has 0 aromatic heterocycles. The summed E-state index contributed by atoms with van der Waals surface area (Å²) >= 11 is 5.36. The van der Waals surface area contributed by atoms with Crippen LogP contribution in [0, 0.1) is 0 Å². The molecule has 64 valence electrons. The van der Waals surface area contributed by atoms with Crippen molar-refractivity contribution in [3.63, 3.8) is 0 Å². The van der Waals surface area contributed by atoms with Gasteiger partial charge in [-0.25, -0.2) is 10.0 Å². The second-order valence-corrected chi connectivity index (χ2v) is 7.52. The van der Waals surface area contributed by atoms with Crippen molar-refractivity contribution < 1.29 is 4.74 Å². The van der Waals surface area contributed by atoms with Crippen LogP contribution in [-0.2, 0) is 4.74 Å². The van der Waals surface area contributed by atoms with Crippen LogP contribution >= 0.6 is 21.6 Å². The summed E-state index contributed by atoms with van der Waals surface area (Å²) in [5, 5.41) is 0. The van der Waals surface area contributed by atoms with Crippen LogP contribution in [0.15, 0.2) is 0 Å². The van der Waals surface area contributed by atoms with E-state index in [9.17, 15) is 0 Å². The molecule has 0 rings (SSSR count). The van der Waals surface area contributed by atoms with Gasteiger partial charge in [0.2, 0.25) is 0 Å². The normalized spacial score (nSPS) is 13.6. The Bertz CT molecular complexity index is 85.7. The Labute approximate surface area is 70.4 Å². The highest BCUT2D eigenvalue weighted by Gasteiger charge is 2.07. The Balaban J connectivity index is 3.28. The van der Waals surface area contributed by atoms with Crippen molar-refractivity contribution >= 4 is 21.6 Å². The van der Waals surface area contributed by atoms with Crippen LogP contribution in [0.3, 0.4) is 0 Å². The molecule has 0 saturated heterocycles. The molecule has 0 saturated carbocycles. The monoisotopic (exact) mass is 184 g/mol. The number of ether oxygens (including phenoxy) is 1. The van der Waals surface area contributed by atoms with Gasteiger partial charge in [-0.2, -0.15) is 0 Å². The first-order valence-electron chi connectivity index (χ1n) is 3.45. The molecule has 0 atom stereocenters. The summed E-state index contributed by atoms with van der Waals surface area (Å²) < 4.78 is 5.06. The molecule has 0 radical (unpaired) electrons. The van der Waals surface area contributed by atoms with Crippen molar-refractivity contribution in [1.29, 1.82) is 0 Å². The van der Waals surface area contributed by atoms with E-state index in [0.717, 1.165) is 6.61 Å². The predicted octanol–water partition coefficient (Wildman–Crippen LogP) is 2.28. The van der Waals surface area contributed by atoms with Gasteiger partial charge in [-0.15, -0.1) is 0 Å². The Morgan fingerprint density at radius 2 is 2.00 bits per heavy atom. The lowest BCUT2D eigenvalue weighted by atomic mass is 10.9. The Morgan fingerprint density at radius 3 is 2.40 bits per heavy atom. The van der Waals surface area contributed by atoms with E-state index in [4.69, 9.17) is 16.3 Å². The molecular formula is C7H17ClOS. The molecule has 0 spiro atoms. The van der Waals surface area contributed by atoms with Crippen molar-refractivity contribution in [2.75, 3.05) is 36.7 Å². The van der Waals surface area contributed by atoms with Gasteiger partial charge in [0.1, 0.15) is 6.07 Å². The van der Waals surface area contributed by atoms with E-state index in [-0.39, 0.29) is 10.0 Å². The fourth-order valence-corrected chi connectivity index (χ4v) is 1.45. The molecule has 0 aromatic rings. The summed E-state index contributed by atoms with van der Waals surface area (Å²) in [6, 6.07) is 0.333. The molecule has 0 amide bonds. The highest BCUT2D eigenvalue weighted by molar-refractivity contribution is 8.32. The first-order chi connectivity index (χ1) is 4.62. The highest BCUT2D eigenvalue weighted by Crippen LogP contribution is 2.38. The molecule has 0 aliphatic carbocycles. The van der Waals surface area contributed by atoms with Crippen molar-refractivity contribution in [2.24, 2.45) is 0 Å². The molecule has 0 heterocycles. The number of halogens is 1. The number of alkyl halides is 1. The molecular weight excluding hydrogens is 168 g/mol. The van der Waals surface area contributed by atoms with Crippen LogP contribution in [0.1, 0.15) is 6.92 Å². The summed E-state index contributed by atoms with van der Waals surface area (Å²) in [5.41, 5.74) is 0. The van der Waals surface area contributed by atoms with Gasteiger partial charge >= 0.3 is 0 Å². The van der Waals surface area contributed by atoms with Gasteiger partial charge in [0.25, 0.3) is 0 Å². The Hall–Kier alpha value is 0.600. The quantitative estimate of drug-likeness (QED) is 0.471. The first kappa shape index (κ1) is 10.6. The van der Waals surface area contributed by atoms with Crippen LogP contribution in [0.5, 0.6) is 0 Å². The lowest BCUT2D eigenvalue weighted by Crippen LogP contribution is -2.09. The van der Waals surface area contributed by atoms with E-state index < -0.39 is 0 Å². The maximum absolute atomic E-state index is 5.36. The average molecular weight is 185 g/mol. The van der Waals surface area contributed by atoms with Gasteiger partial charge in [0.15, 0.2) is 0 Å². The van der Waals surface area contributed by atoms with E-state index in [2.05, 4.69) is 19.4 Å². The third-order valence-corrected chi connectivity index (χ3v) is 4.63. The summed E-state index contributed by atoms with van der Waals surface area (Å²) in [5.74, 6) is 2.45. The summed E-state index contributed by atoms with van der Waals surface area (Å²) in [6.45, 7) is 3.05. The number of hydrogen-bond donors (Lipinski definition) is 0. The zero-order chi connectivity index (χ0) is 8.04. The maximum Gasteiger partial charge on any atom is 0.120 e. The van der Waals surface area contributed by atoms with Gasteiger partial charge < -0.3 is 4.74 Å². The van der Waals surface area contributed by atoms with E-state index in [1.165, 1.54) is 11.5 Å². The second kappa shape index (κ2) is 5.28. The van der Waals surface area contributed by atoms with Crippen LogP contribution in [-0.4, -0.2) is 36.7 Å². The van der Waals surface area contributed by atoms with E-state index in [1.54, 1.807) is 0 Å². The minimum atomic E-state index is -0.375. The molecule has 0 fully saturated rings. The van der Waals surface area contributed by atoms with Gasteiger partial charge in [0, 0.05) is 5.75 Å². The molecule has 0 aliphatic rings. The fourth-order valence-electron chi connectivity index (χ4n) is 0.483. The van der Waals surface area contributed by atoms with E-state index in [0.29, 0.717) is 6.07 Å². The molecule has 0 aromatic carbocycles. The lowest BCUT2D eigenvalue weighted by molar-refractivity contribution is 0.198. The summed E-state index contributed by atoms with van der Waals surface area (Å²) in [4.78, 5) is 0. The van der Waals surface area contributed by atoms with Crippen molar-refractivity contribution in [3.8, 4) is 0 Å². The topological polar surface area (TPSA) is 9.23 Å². The largest absolute Gasteiger partial charge is 0.365 e. The molecule has 3 heteroatoms. The molecule has 0 unspecified atom stereocenters. The summed E-state index contributed by atoms with van der Waals surface area (Å²) in [7, 11) is -0.375. The van der Waals surface area contributed by atoms with Crippen LogP contribution < -0.4 is 0 Å². The van der Waals surface area contributed by atoms with Crippen LogP contribution in [0.25, 0.3) is 0 Å². The van der Waals surface area contributed by atoms with Gasteiger partial charge in [-0.1, -0.05) is 18.5 Å². The third kappa shape index (κ3) is 5.39. The number of rotatable bonds is 5. The molecule has 0 N–H and O–H groups in total. The van der Waals surface area contributed by atoms with Gasteiger partial charge in [-0.3, -0.25) is 0 Å². The minimum absolute atomic E-state index is 0.333. The minimum Gasteiger partial charge on any atom is -0.365 e. The van der Waals surface area contributed by atoms with Crippen LogP contribution in [0.2, 0.25) is 0 Å². The zero-order valence-corrected chi connectivity index (χ0v) is 8.60. The van der Waals surface area contributed by atoms with E-state index in [1.807, 2.05) is 0 Å². The maximum atomic E-state index is 5.36. The standard InChI is InChI=1S/C7H17ClOS/c1-4-10(2,3)6-5-9-7-8/h4-7H2,1-3H3. The van der Waals surface area contributed by atoms with Crippen molar-refractivity contribution in [2.45, 2.75) is 6.92 Å². The zero-order valence-electron chi connectivity index (χ0n) is 7.02. The molecule has 10 heavy (non-hydrogen) atoms. The SMILES string of the molecule is CCS(C)(C)CCOCCl. The molecule has 1 nitrogen and oxygen atoms in total. The molecule has 0 aliphatic heterocycles. The van der Waals surface area contributed by atoms with Crippen molar-refractivity contribution in [1.82, 2.24) is 0 Å². The second-order valence-electron chi connectivity index (χ2n) is 2.78. The van der Waals surface area contributed by atoms with Gasteiger partial charge in [-0.05, 0) is 18.3 Å². The molecule has 0 bridgehead atoms. The average Bonchev–Trinajstić information content (AvgIpc) is 1.89. The predicted molar refractivity (Wildman–Crippen MR) is 51.5 cm³/mol. The van der Waals surface area contributed by atoms with E-state index >= 15 is 0 Å². The fraction of sp³-hybridized carbons (Fsp3) is 1.00. The lowest BCUT2D eigenvalue weighted by Gasteiger charge is -2.28. The number of hydrogen-bond acceptors (Lipinski definition) is 1. The highest BCUT2D eigenvalue weighted by atomic mass is 35.5. The Kier molecular flexibility index (Phi) is 5.59. The Morgan fingerprint density at radius 1 is 1.40 bits per heavy atom. The first-order valence-corrected chi connectivity index (χ1v) is 6.77. The third-order valence-electron chi connectivity index (χ3n) is 1.64.